The molecule has 1 saturated carbocycles. The number of amides is 3. The van der Waals surface area contributed by atoms with Gasteiger partial charge in [-0.2, -0.15) is 35.1 Å². The standard InChI is InChI=1S/C18H12F8N2O3/c1-27-13(30)8-3-2-7(4-9(8)14(27)31)12(29)28-5-10-11(6-28)16(21,22)18(25,26)17(23,24)15(10,19)20/h2-4,10-11H,5-6H2,1H3. The molecule has 0 spiro atoms. The van der Waals surface area contributed by atoms with E-state index in [0.717, 1.165) is 23.1 Å². The summed E-state index contributed by atoms with van der Waals surface area (Å²) in [6.45, 7) is -2.64. The number of nitrogens with zero attached hydrogens (tertiary/aromatic N) is 2. The summed E-state index contributed by atoms with van der Waals surface area (Å²) in [6, 6.07) is 3.04. The molecule has 1 aromatic rings. The zero-order chi connectivity index (χ0) is 23.3. The molecule has 3 aliphatic rings. The number of likely N-dealkylation sites (tertiary alicyclic amines) is 1. The number of rotatable bonds is 1. The van der Waals surface area contributed by atoms with Crippen LogP contribution < -0.4 is 0 Å². The van der Waals surface area contributed by atoms with Crippen molar-refractivity contribution in [3.05, 3.63) is 34.9 Å². The molecule has 1 saturated heterocycles. The topological polar surface area (TPSA) is 57.7 Å². The average Bonchev–Trinajstić information content (AvgIpc) is 3.24. The maximum atomic E-state index is 14.1. The van der Waals surface area contributed by atoms with Gasteiger partial charge in [-0.1, -0.05) is 0 Å². The summed E-state index contributed by atoms with van der Waals surface area (Å²) in [4.78, 5) is 37.7. The van der Waals surface area contributed by atoms with Gasteiger partial charge in [0.2, 0.25) is 0 Å². The fourth-order valence-electron chi connectivity index (χ4n) is 4.27. The Bertz CT molecular complexity index is 991. The van der Waals surface area contributed by atoms with Crippen LogP contribution in [0.25, 0.3) is 0 Å². The predicted molar refractivity (Wildman–Crippen MR) is 85.5 cm³/mol. The lowest BCUT2D eigenvalue weighted by molar-refractivity contribution is -0.418. The van der Waals surface area contributed by atoms with Crippen molar-refractivity contribution >= 4 is 17.7 Å². The van der Waals surface area contributed by atoms with Crippen LogP contribution in [0.3, 0.4) is 0 Å². The molecule has 5 nitrogen and oxygen atoms in total. The minimum absolute atomic E-state index is 0.0588. The number of hydrogen-bond acceptors (Lipinski definition) is 3. The number of benzene rings is 1. The highest BCUT2D eigenvalue weighted by atomic mass is 19.4. The van der Waals surface area contributed by atoms with Gasteiger partial charge in [-0.05, 0) is 18.2 Å². The fourth-order valence-corrected chi connectivity index (χ4v) is 4.27. The van der Waals surface area contributed by atoms with E-state index in [1.807, 2.05) is 0 Å². The minimum Gasteiger partial charge on any atom is -0.338 e. The van der Waals surface area contributed by atoms with E-state index >= 15 is 0 Å². The molecule has 2 unspecified atom stereocenters. The number of carbonyl (C=O) groups excluding carboxylic acids is 3. The van der Waals surface area contributed by atoms with Gasteiger partial charge in [-0.25, -0.2) is 0 Å². The lowest BCUT2D eigenvalue weighted by Crippen LogP contribution is -2.72. The Morgan fingerprint density at radius 3 is 1.77 bits per heavy atom. The van der Waals surface area contributed by atoms with Gasteiger partial charge >= 0.3 is 23.7 Å². The molecule has 2 heterocycles. The summed E-state index contributed by atoms with van der Waals surface area (Å²) in [5.41, 5.74) is -0.640. The molecule has 31 heavy (non-hydrogen) atoms. The van der Waals surface area contributed by atoms with Gasteiger partial charge in [0, 0.05) is 25.7 Å². The van der Waals surface area contributed by atoms with Crippen molar-refractivity contribution in [2.24, 2.45) is 11.8 Å². The molecule has 2 fully saturated rings. The van der Waals surface area contributed by atoms with E-state index in [1.165, 1.54) is 7.05 Å². The highest BCUT2D eigenvalue weighted by molar-refractivity contribution is 6.21. The molecule has 0 aromatic heterocycles. The third kappa shape index (κ3) is 2.39. The van der Waals surface area contributed by atoms with Crippen molar-refractivity contribution in [2.45, 2.75) is 23.7 Å². The number of fused-ring (bicyclic) bond motifs is 2. The SMILES string of the molecule is CN1C(=O)c2ccc(C(=O)N3CC4C(C3)C(F)(F)C(F)(F)C(F)(F)C4(F)F)cc2C1=O. The van der Waals surface area contributed by atoms with E-state index < -0.39 is 66.3 Å². The summed E-state index contributed by atoms with van der Waals surface area (Å²) in [5.74, 6) is -32.1. The second-order valence-corrected chi connectivity index (χ2v) is 7.75. The maximum Gasteiger partial charge on any atom is 0.378 e. The van der Waals surface area contributed by atoms with E-state index in [1.54, 1.807) is 0 Å². The highest BCUT2D eigenvalue weighted by Gasteiger charge is 2.89. The first-order chi connectivity index (χ1) is 14.1. The summed E-state index contributed by atoms with van der Waals surface area (Å²) < 4.78 is 111. The molecule has 2 atom stereocenters. The van der Waals surface area contributed by atoms with Crippen molar-refractivity contribution < 1.29 is 49.5 Å². The van der Waals surface area contributed by atoms with Gasteiger partial charge in [0.05, 0.1) is 23.0 Å². The zero-order valence-corrected chi connectivity index (χ0v) is 15.4. The Morgan fingerprint density at radius 2 is 1.29 bits per heavy atom. The molecule has 2 aliphatic heterocycles. The normalized spacial score (nSPS) is 29.7. The molecule has 0 radical (unpaired) electrons. The predicted octanol–water partition coefficient (Wildman–Crippen LogP) is 3.16. The van der Waals surface area contributed by atoms with Crippen molar-refractivity contribution in [1.82, 2.24) is 9.80 Å². The summed E-state index contributed by atoms with van der Waals surface area (Å²) in [6.07, 6.45) is 0. The second-order valence-electron chi connectivity index (χ2n) is 7.75. The molecule has 4 rings (SSSR count). The monoisotopic (exact) mass is 456 g/mol. The van der Waals surface area contributed by atoms with Gasteiger partial charge < -0.3 is 4.90 Å². The molecular formula is C18H12F8N2O3. The summed E-state index contributed by atoms with van der Waals surface area (Å²) in [5, 5.41) is 0. The van der Waals surface area contributed by atoms with E-state index in [0.29, 0.717) is 4.90 Å². The van der Waals surface area contributed by atoms with E-state index in [-0.39, 0.29) is 16.7 Å². The van der Waals surface area contributed by atoms with Gasteiger partial charge in [0.1, 0.15) is 0 Å². The van der Waals surface area contributed by atoms with Gasteiger partial charge in [0.15, 0.2) is 0 Å². The van der Waals surface area contributed by atoms with E-state index in [2.05, 4.69) is 0 Å². The average molecular weight is 456 g/mol. The molecule has 168 valence electrons. The number of halogens is 8. The molecule has 0 N–H and O–H groups in total. The first-order valence-electron chi connectivity index (χ1n) is 8.84. The lowest BCUT2D eigenvalue weighted by atomic mass is 9.71. The Labute approximate surface area is 168 Å². The number of imide groups is 1. The first-order valence-corrected chi connectivity index (χ1v) is 8.84. The minimum atomic E-state index is -6.32. The second kappa shape index (κ2) is 5.94. The van der Waals surface area contributed by atoms with Crippen LogP contribution in [-0.4, -0.2) is 71.3 Å². The fraction of sp³-hybridized carbons (Fsp3) is 0.500. The van der Waals surface area contributed by atoms with Crippen molar-refractivity contribution in [1.29, 1.82) is 0 Å². The van der Waals surface area contributed by atoms with Gasteiger partial charge in [-0.15, -0.1) is 0 Å². The van der Waals surface area contributed by atoms with Gasteiger partial charge in [0.25, 0.3) is 17.7 Å². The molecule has 1 aromatic carbocycles. The van der Waals surface area contributed by atoms with Crippen molar-refractivity contribution in [3.8, 4) is 0 Å². The third-order valence-electron chi connectivity index (χ3n) is 6.11. The van der Waals surface area contributed by atoms with Crippen LogP contribution in [0.4, 0.5) is 35.1 Å². The van der Waals surface area contributed by atoms with Crippen LogP contribution in [0.1, 0.15) is 31.1 Å². The van der Waals surface area contributed by atoms with Crippen LogP contribution in [0, 0.1) is 11.8 Å². The van der Waals surface area contributed by atoms with Crippen LogP contribution in [-0.2, 0) is 0 Å². The number of hydrogen-bond donors (Lipinski definition) is 0. The van der Waals surface area contributed by atoms with Crippen LogP contribution in [0.5, 0.6) is 0 Å². The molecule has 0 bridgehead atoms. The number of carbonyl (C=O) groups is 3. The molecule has 13 heteroatoms. The smallest absolute Gasteiger partial charge is 0.338 e. The van der Waals surface area contributed by atoms with E-state index in [9.17, 15) is 49.5 Å². The third-order valence-corrected chi connectivity index (χ3v) is 6.11. The van der Waals surface area contributed by atoms with Crippen LogP contribution >= 0.6 is 0 Å². The Balaban J connectivity index is 1.69. The lowest BCUT2D eigenvalue weighted by Gasteiger charge is -2.47. The summed E-state index contributed by atoms with van der Waals surface area (Å²) >= 11 is 0. The zero-order valence-electron chi connectivity index (χ0n) is 15.4. The molecular weight excluding hydrogens is 444 g/mol. The maximum absolute atomic E-state index is 14.1. The van der Waals surface area contributed by atoms with Gasteiger partial charge in [-0.3, -0.25) is 19.3 Å². The van der Waals surface area contributed by atoms with Crippen LogP contribution in [0.15, 0.2) is 18.2 Å². The van der Waals surface area contributed by atoms with E-state index in [4.69, 9.17) is 0 Å². The van der Waals surface area contributed by atoms with Crippen molar-refractivity contribution in [2.75, 3.05) is 20.1 Å². The van der Waals surface area contributed by atoms with Crippen LogP contribution in [0.2, 0.25) is 0 Å². The Hall–Kier alpha value is -2.73. The summed E-state index contributed by atoms with van der Waals surface area (Å²) in [7, 11) is 1.17. The molecule has 3 amide bonds. The highest BCUT2D eigenvalue weighted by Crippen LogP contribution is 2.65. The molecule has 1 aliphatic carbocycles. The Morgan fingerprint density at radius 1 is 0.839 bits per heavy atom. The Kier molecular flexibility index (Phi) is 4.12. The number of alkyl halides is 8. The van der Waals surface area contributed by atoms with Crippen molar-refractivity contribution in [3.63, 3.8) is 0 Å². The first kappa shape index (κ1) is 21.5. The largest absolute Gasteiger partial charge is 0.378 e. The quantitative estimate of drug-likeness (QED) is 0.482.